The number of ether oxygens (including phenoxy) is 1. The molecule has 1 fully saturated rings. The molecule has 112 valence electrons. The van der Waals surface area contributed by atoms with Crippen LogP contribution in [0.5, 0.6) is 0 Å². The van der Waals surface area contributed by atoms with Gasteiger partial charge in [-0.2, -0.15) is 0 Å². The van der Waals surface area contributed by atoms with Crippen LogP contribution in [0.2, 0.25) is 0 Å². The first-order chi connectivity index (χ1) is 9.40. The number of nitrogens with one attached hydrogen (secondary N) is 1. The predicted molar refractivity (Wildman–Crippen MR) is 79.1 cm³/mol. The second-order valence-electron chi connectivity index (χ2n) is 5.31. The third-order valence-electron chi connectivity index (χ3n) is 3.69. The highest BCUT2D eigenvalue weighted by atomic mass is 32.2. The molecule has 6 heteroatoms. The fourth-order valence-corrected chi connectivity index (χ4v) is 3.56. The quantitative estimate of drug-likeness (QED) is 0.830. The molecule has 0 spiro atoms. The Hall–Kier alpha value is -1.11. The average Bonchev–Trinajstić information content (AvgIpc) is 2.42. The molecule has 1 saturated heterocycles. The second-order valence-corrected chi connectivity index (χ2v) is 7.05. The van der Waals surface area contributed by atoms with Gasteiger partial charge in [0.05, 0.1) is 11.8 Å². The van der Waals surface area contributed by atoms with Crippen LogP contribution in [0, 0.1) is 13.8 Å². The number of nitrogens with two attached hydrogens (primary N) is 1. The molecule has 20 heavy (non-hydrogen) atoms. The highest BCUT2D eigenvalue weighted by Crippen LogP contribution is 2.23. The molecule has 1 unspecified atom stereocenters. The highest BCUT2D eigenvalue weighted by molar-refractivity contribution is 7.89. The summed E-state index contributed by atoms with van der Waals surface area (Å²) in [6.45, 7) is 4.79. The van der Waals surface area contributed by atoms with Gasteiger partial charge in [0.15, 0.2) is 0 Å². The van der Waals surface area contributed by atoms with Crippen LogP contribution in [0.1, 0.15) is 30.4 Å². The maximum Gasteiger partial charge on any atom is 0.242 e. The van der Waals surface area contributed by atoms with Gasteiger partial charge in [-0.15, -0.1) is 0 Å². The molecular weight excluding hydrogens is 276 g/mol. The zero-order chi connectivity index (χ0) is 14.8. The highest BCUT2D eigenvalue weighted by Gasteiger charge is 2.21. The van der Waals surface area contributed by atoms with E-state index in [9.17, 15) is 8.42 Å². The average molecular weight is 298 g/mol. The first-order valence-electron chi connectivity index (χ1n) is 6.88. The molecule has 0 amide bonds. The SMILES string of the molecule is Cc1cc(N)c(S(=O)(=O)NCC2CCCCO2)cc1C. The van der Waals surface area contributed by atoms with Crippen molar-refractivity contribution < 1.29 is 13.2 Å². The number of hydrogen-bond acceptors (Lipinski definition) is 4. The second kappa shape index (κ2) is 6.11. The van der Waals surface area contributed by atoms with Crippen molar-refractivity contribution >= 4 is 15.7 Å². The van der Waals surface area contributed by atoms with Gasteiger partial charge in [-0.25, -0.2) is 13.1 Å². The fraction of sp³-hybridized carbons (Fsp3) is 0.571. The van der Waals surface area contributed by atoms with E-state index >= 15 is 0 Å². The largest absolute Gasteiger partial charge is 0.398 e. The normalized spacial score (nSPS) is 20.0. The van der Waals surface area contributed by atoms with E-state index in [1.807, 2.05) is 13.8 Å². The topological polar surface area (TPSA) is 81.4 Å². The Morgan fingerprint density at radius 2 is 2.00 bits per heavy atom. The molecule has 0 aliphatic carbocycles. The third kappa shape index (κ3) is 3.50. The van der Waals surface area contributed by atoms with Crippen molar-refractivity contribution in [1.29, 1.82) is 0 Å². The fourth-order valence-electron chi connectivity index (χ4n) is 2.29. The monoisotopic (exact) mass is 298 g/mol. The summed E-state index contributed by atoms with van der Waals surface area (Å²) in [7, 11) is -3.58. The van der Waals surface area contributed by atoms with E-state index in [1.165, 1.54) is 0 Å². The summed E-state index contributed by atoms with van der Waals surface area (Å²) in [6.07, 6.45) is 2.99. The van der Waals surface area contributed by atoms with Gasteiger partial charge in [-0.05, 0) is 56.4 Å². The van der Waals surface area contributed by atoms with Crippen LogP contribution >= 0.6 is 0 Å². The van der Waals surface area contributed by atoms with Gasteiger partial charge in [0.2, 0.25) is 10.0 Å². The molecule has 1 aliphatic rings. The van der Waals surface area contributed by atoms with Crippen molar-refractivity contribution in [3.8, 4) is 0 Å². The number of benzene rings is 1. The summed E-state index contributed by atoms with van der Waals surface area (Å²) in [5.41, 5.74) is 8.01. The van der Waals surface area contributed by atoms with Crippen molar-refractivity contribution in [1.82, 2.24) is 4.72 Å². The van der Waals surface area contributed by atoms with Crippen molar-refractivity contribution in [2.24, 2.45) is 0 Å². The lowest BCUT2D eigenvalue weighted by molar-refractivity contribution is 0.0200. The summed E-state index contributed by atoms with van der Waals surface area (Å²) in [6, 6.07) is 3.32. The number of anilines is 1. The molecule has 1 aromatic carbocycles. The van der Waals surface area contributed by atoms with Crippen LogP contribution in [0.25, 0.3) is 0 Å². The Bertz CT molecular complexity index is 578. The minimum absolute atomic E-state index is 0.0358. The van der Waals surface area contributed by atoms with Crippen LogP contribution in [0.4, 0.5) is 5.69 Å². The van der Waals surface area contributed by atoms with Crippen LogP contribution in [-0.4, -0.2) is 27.7 Å². The molecule has 0 saturated carbocycles. The predicted octanol–water partition coefficient (Wildman–Crippen LogP) is 1.73. The molecule has 1 heterocycles. The molecular formula is C14H22N2O3S. The maximum atomic E-state index is 12.3. The standard InChI is InChI=1S/C14H22N2O3S/c1-10-7-13(15)14(8-11(10)2)20(17,18)16-9-12-5-3-4-6-19-12/h7-8,12,16H,3-6,9,15H2,1-2H3. The van der Waals surface area contributed by atoms with Crippen LogP contribution < -0.4 is 10.5 Å². The van der Waals surface area contributed by atoms with Crippen LogP contribution in [-0.2, 0) is 14.8 Å². The minimum atomic E-state index is -3.58. The van der Waals surface area contributed by atoms with Gasteiger partial charge in [0, 0.05) is 13.2 Å². The van der Waals surface area contributed by atoms with E-state index in [0.717, 1.165) is 30.4 Å². The Balaban J connectivity index is 2.11. The summed E-state index contributed by atoms with van der Waals surface area (Å²) in [5, 5.41) is 0. The van der Waals surface area contributed by atoms with Crippen LogP contribution in [0.3, 0.4) is 0 Å². The van der Waals surface area contributed by atoms with E-state index in [4.69, 9.17) is 10.5 Å². The van der Waals surface area contributed by atoms with Crippen LogP contribution in [0.15, 0.2) is 17.0 Å². The van der Waals surface area contributed by atoms with Gasteiger partial charge in [0.1, 0.15) is 4.90 Å². The first-order valence-corrected chi connectivity index (χ1v) is 8.36. The first kappa shape index (κ1) is 15.3. The molecule has 1 atom stereocenters. The van der Waals surface area contributed by atoms with Crippen molar-refractivity contribution in [3.63, 3.8) is 0 Å². The Kier molecular flexibility index (Phi) is 4.67. The summed E-state index contributed by atoms with van der Waals surface area (Å²) >= 11 is 0. The van der Waals surface area contributed by atoms with E-state index in [1.54, 1.807) is 12.1 Å². The molecule has 2 rings (SSSR count). The lowest BCUT2D eigenvalue weighted by atomic mass is 10.1. The molecule has 1 aromatic rings. The number of sulfonamides is 1. The Morgan fingerprint density at radius 1 is 1.30 bits per heavy atom. The van der Waals surface area contributed by atoms with Gasteiger partial charge >= 0.3 is 0 Å². The van der Waals surface area contributed by atoms with E-state index in [-0.39, 0.29) is 16.7 Å². The van der Waals surface area contributed by atoms with Gasteiger partial charge in [0.25, 0.3) is 0 Å². The van der Waals surface area contributed by atoms with Crippen molar-refractivity contribution in [2.45, 2.75) is 44.1 Å². The minimum Gasteiger partial charge on any atom is -0.398 e. The Labute approximate surface area is 120 Å². The molecule has 0 aromatic heterocycles. The summed E-state index contributed by atoms with van der Waals surface area (Å²) in [5.74, 6) is 0. The zero-order valence-corrected chi connectivity index (χ0v) is 12.8. The molecule has 1 aliphatic heterocycles. The molecule has 0 bridgehead atoms. The summed E-state index contributed by atoms with van der Waals surface area (Å²) < 4.78 is 32.7. The van der Waals surface area contributed by atoms with Gasteiger partial charge in [-0.1, -0.05) is 0 Å². The zero-order valence-electron chi connectivity index (χ0n) is 12.0. The lowest BCUT2D eigenvalue weighted by Gasteiger charge is -2.23. The number of aryl methyl sites for hydroxylation is 2. The van der Waals surface area contributed by atoms with Gasteiger partial charge in [-0.3, -0.25) is 0 Å². The number of nitrogen functional groups attached to an aromatic ring is 1. The third-order valence-corrected chi connectivity index (χ3v) is 5.17. The van der Waals surface area contributed by atoms with Crippen molar-refractivity contribution in [2.75, 3.05) is 18.9 Å². The van der Waals surface area contributed by atoms with E-state index in [2.05, 4.69) is 4.72 Å². The lowest BCUT2D eigenvalue weighted by Crippen LogP contribution is -2.35. The van der Waals surface area contributed by atoms with E-state index in [0.29, 0.717) is 13.2 Å². The number of hydrogen-bond donors (Lipinski definition) is 2. The molecule has 0 radical (unpaired) electrons. The maximum absolute atomic E-state index is 12.3. The Morgan fingerprint density at radius 3 is 2.65 bits per heavy atom. The molecule has 3 N–H and O–H groups in total. The smallest absolute Gasteiger partial charge is 0.242 e. The molecule has 5 nitrogen and oxygen atoms in total. The van der Waals surface area contributed by atoms with Gasteiger partial charge < -0.3 is 10.5 Å². The van der Waals surface area contributed by atoms with E-state index < -0.39 is 10.0 Å². The summed E-state index contributed by atoms with van der Waals surface area (Å²) in [4.78, 5) is 0.149. The van der Waals surface area contributed by atoms with Crippen molar-refractivity contribution in [3.05, 3.63) is 23.3 Å². The number of rotatable bonds is 4.